The van der Waals surface area contributed by atoms with Crippen molar-refractivity contribution in [2.24, 2.45) is 0 Å². The summed E-state index contributed by atoms with van der Waals surface area (Å²) in [7, 11) is 2.10. The van der Waals surface area contributed by atoms with Gasteiger partial charge >= 0.3 is 6.03 Å². The molecule has 0 unspecified atom stereocenters. The van der Waals surface area contributed by atoms with Crippen LogP contribution in [0.4, 0.5) is 10.6 Å². The Morgan fingerprint density at radius 2 is 1.86 bits per heavy atom. The number of nitrogens with one attached hydrogen (secondary N) is 1. The van der Waals surface area contributed by atoms with Gasteiger partial charge in [0.2, 0.25) is 0 Å². The Morgan fingerprint density at radius 1 is 1.19 bits per heavy atom. The molecule has 2 aliphatic rings. The van der Waals surface area contributed by atoms with Crippen LogP contribution in [0.1, 0.15) is 38.3 Å². The van der Waals surface area contributed by atoms with Crippen molar-refractivity contribution >= 4 is 11.8 Å². The van der Waals surface area contributed by atoms with Crippen molar-refractivity contribution in [1.29, 1.82) is 0 Å². The lowest BCUT2D eigenvalue weighted by molar-refractivity contribution is 0.0816. The van der Waals surface area contributed by atoms with E-state index in [0.29, 0.717) is 23.8 Å². The van der Waals surface area contributed by atoms with E-state index in [4.69, 9.17) is 0 Å². The minimum Gasteiger partial charge on any atom is -0.321 e. The van der Waals surface area contributed by atoms with E-state index >= 15 is 0 Å². The largest absolute Gasteiger partial charge is 0.323 e. The molecule has 2 fully saturated rings. The fraction of sp³-hybridized carbons (Fsp3) is 0.667. The fourth-order valence-corrected chi connectivity index (χ4v) is 2.76. The van der Waals surface area contributed by atoms with Gasteiger partial charge in [0.15, 0.2) is 5.82 Å². The Hall–Kier alpha value is -1.69. The van der Waals surface area contributed by atoms with Gasteiger partial charge < -0.3 is 4.90 Å². The molecule has 1 aromatic rings. The van der Waals surface area contributed by atoms with Crippen LogP contribution in [0.3, 0.4) is 0 Å². The van der Waals surface area contributed by atoms with Crippen LogP contribution in [0.15, 0.2) is 12.1 Å². The molecule has 21 heavy (non-hydrogen) atoms. The van der Waals surface area contributed by atoms with Crippen LogP contribution in [0, 0.1) is 0 Å². The van der Waals surface area contributed by atoms with Crippen LogP contribution in [-0.2, 0) is 0 Å². The molecule has 1 N–H and O–H groups in total. The van der Waals surface area contributed by atoms with Gasteiger partial charge in [-0.05, 0) is 45.9 Å². The summed E-state index contributed by atoms with van der Waals surface area (Å²) in [5.41, 5.74) is 1.04. The molecule has 2 atom stereocenters. The maximum absolute atomic E-state index is 12.3. The fourth-order valence-electron chi connectivity index (χ4n) is 2.76. The summed E-state index contributed by atoms with van der Waals surface area (Å²) in [5, 5.41) is 11.1. The second-order valence-corrected chi connectivity index (χ2v) is 6.32. The molecule has 1 aliphatic carbocycles. The smallest absolute Gasteiger partial charge is 0.321 e. The maximum Gasteiger partial charge on any atom is 0.323 e. The lowest BCUT2D eigenvalue weighted by Crippen LogP contribution is -2.57. The summed E-state index contributed by atoms with van der Waals surface area (Å²) in [5.74, 6) is 1.12. The van der Waals surface area contributed by atoms with E-state index in [2.05, 4.69) is 41.3 Å². The molecule has 0 aromatic carbocycles. The molecule has 2 amide bonds. The molecule has 6 nitrogen and oxygen atoms in total. The molecule has 114 valence electrons. The van der Waals surface area contributed by atoms with Gasteiger partial charge in [-0.3, -0.25) is 10.2 Å². The summed E-state index contributed by atoms with van der Waals surface area (Å²) in [6, 6.07) is 4.46. The highest BCUT2D eigenvalue weighted by molar-refractivity contribution is 5.88. The van der Waals surface area contributed by atoms with Crippen molar-refractivity contribution in [2.45, 2.75) is 44.7 Å². The average Bonchev–Trinajstić information content (AvgIpc) is 3.29. The third-order valence-electron chi connectivity index (χ3n) is 4.56. The molecule has 1 aliphatic heterocycles. The number of hydrogen-bond donors (Lipinski definition) is 1. The van der Waals surface area contributed by atoms with E-state index in [1.54, 1.807) is 0 Å². The van der Waals surface area contributed by atoms with Crippen molar-refractivity contribution in [1.82, 2.24) is 20.0 Å². The number of nitrogens with zero attached hydrogens (tertiary/aromatic N) is 4. The van der Waals surface area contributed by atoms with E-state index < -0.39 is 0 Å². The normalized spacial score (nSPS) is 26.7. The lowest BCUT2D eigenvalue weighted by atomic mass is 10.1. The highest BCUT2D eigenvalue weighted by Crippen LogP contribution is 2.38. The number of amides is 2. The van der Waals surface area contributed by atoms with Crippen LogP contribution in [-0.4, -0.2) is 58.2 Å². The number of piperazine rings is 1. The molecule has 6 heteroatoms. The summed E-state index contributed by atoms with van der Waals surface area (Å²) in [6.45, 7) is 5.75. The quantitative estimate of drug-likeness (QED) is 0.903. The van der Waals surface area contributed by atoms with Gasteiger partial charge in [0, 0.05) is 31.1 Å². The molecule has 1 saturated carbocycles. The third-order valence-corrected chi connectivity index (χ3v) is 4.56. The number of rotatable bonds is 2. The van der Waals surface area contributed by atoms with Crippen molar-refractivity contribution < 1.29 is 4.79 Å². The van der Waals surface area contributed by atoms with Crippen molar-refractivity contribution in [3.05, 3.63) is 17.8 Å². The van der Waals surface area contributed by atoms with Crippen LogP contribution in [0.25, 0.3) is 0 Å². The number of anilines is 1. The van der Waals surface area contributed by atoms with E-state index in [0.717, 1.165) is 18.8 Å². The van der Waals surface area contributed by atoms with Gasteiger partial charge in [0.25, 0.3) is 0 Å². The third kappa shape index (κ3) is 3.15. The zero-order valence-electron chi connectivity index (χ0n) is 12.9. The number of carbonyl (C=O) groups is 1. The molecule has 1 saturated heterocycles. The topological polar surface area (TPSA) is 61.4 Å². The molecule has 1 aromatic heterocycles. The van der Waals surface area contributed by atoms with Crippen molar-refractivity contribution in [2.75, 3.05) is 25.5 Å². The number of aromatic nitrogens is 2. The summed E-state index contributed by atoms with van der Waals surface area (Å²) < 4.78 is 0. The zero-order valence-corrected chi connectivity index (χ0v) is 12.9. The van der Waals surface area contributed by atoms with Gasteiger partial charge in [0.05, 0.1) is 5.69 Å². The maximum atomic E-state index is 12.3. The van der Waals surface area contributed by atoms with Gasteiger partial charge in [0.1, 0.15) is 0 Å². The number of hydrogen-bond acceptors (Lipinski definition) is 4. The summed E-state index contributed by atoms with van der Waals surface area (Å²) in [4.78, 5) is 16.5. The number of likely N-dealkylation sites (N-methyl/N-ethyl adjacent to an activating group) is 1. The highest BCUT2D eigenvalue weighted by Gasteiger charge is 2.29. The monoisotopic (exact) mass is 289 g/mol. The minimum atomic E-state index is -0.0877. The van der Waals surface area contributed by atoms with Gasteiger partial charge in [-0.25, -0.2) is 4.79 Å². The molecule has 2 heterocycles. The number of urea groups is 1. The Balaban J connectivity index is 1.60. The predicted octanol–water partition coefficient (Wildman–Crippen LogP) is 1.91. The second-order valence-electron chi connectivity index (χ2n) is 6.32. The first-order valence-electron chi connectivity index (χ1n) is 7.66. The Bertz CT molecular complexity index is 501. The van der Waals surface area contributed by atoms with Crippen LogP contribution in [0.2, 0.25) is 0 Å². The first-order valence-corrected chi connectivity index (χ1v) is 7.66. The van der Waals surface area contributed by atoms with Gasteiger partial charge in [-0.2, -0.15) is 5.10 Å². The van der Waals surface area contributed by atoms with E-state index in [-0.39, 0.29) is 6.03 Å². The van der Waals surface area contributed by atoms with Crippen molar-refractivity contribution in [3.63, 3.8) is 0 Å². The molecular formula is C15H23N5O. The summed E-state index contributed by atoms with van der Waals surface area (Å²) in [6.07, 6.45) is 2.41. The van der Waals surface area contributed by atoms with E-state index in [1.807, 2.05) is 17.0 Å². The van der Waals surface area contributed by atoms with E-state index in [1.165, 1.54) is 12.8 Å². The first-order chi connectivity index (χ1) is 10.0. The molecule has 3 rings (SSSR count). The predicted molar refractivity (Wildman–Crippen MR) is 81.3 cm³/mol. The van der Waals surface area contributed by atoms with Crippen LogP contribution in [0.5, 0.6) is 0 Å². The standard InChI is InChI=1S/C15H23N5O/c1-10-8-20(9-11(2)19(10)3)15(21)16-14-7-6-13(17-18-14)12-4-5-12/h6-7,10-12H,4-5,8-9H2,1-3H3,(H,16,18,21)/t10-,11+. The Morgan fingerprint density at radius 3 is 2.38 bits per heavy atom. The highest BCUT2D eigenvalue weighted by atomic mass is 16.2. The van der Waals surface area contributed by atoms with E-state index in [9.17, 15) is 4.79 Å². The average molecular weight is 289 g/mol. The van der Waals surface area contributed by atoms with Crippen LogP contribution < -0.4 is 5.32 Å². The van der Waals surface area contributed by atoms with Gasteiger partial charge in [-0.15, -0.1) is 5.10 Å². The zero-order chi connectivity index (χ0) is 15.0. The summed E-state index contributed by atoms with van der Waals surface area (Å²) >= 11 is 0. The van der Waals surface area contributed by atoms with Crippen molar-refractivity contribution in [3.8, 4) is 0 Å². The Labute approximate surface area is 125 Å². The Kier molecular flexibility index (Phi) is 3.80. The second kappa shape index (κ2) is 5.60. The molecule has 0 bridgehead atoms. The SMILES string of the molecule is C[C@@H]1CN(C(=O)Nc2ccc(C3CC3)nn2)C[C@H](C)N1C. The number of carbonyl (C=O) groups excluding carboxylic acids is 1. The first kappa shape index (κ1) is 14.3. The minimum absolute atomic E-state index is 0.0877. The molecular weight excluding hydrogens is 266 g/mol. The van der Waals surface area contributed by atoms with Gasteiger partial charge in [-0.1, -0.05) is 0 Å². The molecule has 0 spiro atoms. The molecule has 0 radical (unpaired) electrons. The lowest BCUT2D eigenvalue weighted by Gasteiger charge is -2.42. The van der Waals surface area contributed by atoms with Crippen LogP contribution >= 0.6 is 0 Å².